The van der Waals surface area contributed by atoms with E-state index in [4.69, 9.17) is 5.73 Å². The molecule has 0 saturated carbocycles. The van der Waals surface area contributed by atoms with Crippen LogP contribution in [-0.4, -0.2) is 20.2 Å². The molecule has 100 valence electrons. The van der Waals surface area contributed by atoms with Crippen LogP contribution in [0.15, 0.2) is 46.9 Å². The number of hydrogen-bond donors (Lipinski definition) is 1. The summed E-state index contributed by atoms with van der Waals surface area (Å²) in [5, 5.41) is 11.9. The second kappa shape index (κ2) is 5.05. The molecule has 5 nitrogen and oxygen atoms in total. The van der Waals surface area contributed by atoms with Crippen molar-refractivity contribution in [2.75, 3.05) is 5.73 Å². The van der Waals surface area contributed by atoms with Gasteiger partial charge in [-0.15, -0.1) is 5.10 Å². The number of tetrazole rings is 1. The van der Waals surface area contributed by atoms with Gasteiger partial charge < -0.3 is 5.73 Å². The lowest BCUT2D eigenvalue weighted by Gasteiger charge is -2.06. The van der Waals surface area contributed by atoms with Crippen LogP contribution in [0.5, 0.6) is 0 Å². The van der Waals surface area contributed by atoms with Crippen molar-refractivity contribution in [3.8, 4) is 17.1 Å². The number of nitrogens with zero attached hydrogens (tertiary/aromatic N) is 4. The molecule has 0 fully saturated rings. The predicted molar refractivity (Wildman–Crippen MR) is 81.4 cm³/mol. The lowest BCUT2D eigenvalue weighted by atomic mass is 10.1. The largest absolute Gasteiger partial charge is 0.399 e. The first-order valence-electron chi connectivity index (χ1n) is 6.05. The second-order valence-electron chi connectivity index (χ2n) is 4.52. The van der Waals surface area contributed by atoms with Crippen molar-refractivity contribution in [2.24, 2.45) is 0 Å². The van der Waals surface area contributed by atoms with E-state index in [1.54, 1.807) is 4.68 Å². The molecular formula is C14H12BrN5. The van der Waals surface area contributed by atoms with Gasteiger partial charge in [0.15, 0.2) is 5.82 Å². The molecule has 0 unspecified atom stereocenters. The topological polar surface area (TPSA) is 69.6 Å². The third-order valence-corrected chi connectivity index (χ3v) is 3.43. The Balaban J connectivity index is 2.12. The average molecular weight is 330 g/mol. The van der Waals surface area contributed by atoms with Crippen molar-refractivity contribution in [1.29, 1.82) is 0 Å². The van der Waals surface area contributed by atoms with Crippen molar-refractivity contribution in [3.05, 3.63) is 52.5 Å². The summed E-state index contributed by atoms with van der Waals surface area (Å²) >= 11 is 3.41. The van der Waals surface area contributed by atoms with Crippen LogP contribution < -0.4 is 5.73 Å². The summed E-state index contributed by atoms with van der Waals surface area (Å²) < 4.78 is 2.70. The summed E-state index contributed by atoms with van der Waals surface area (Å²) in [5.74, 6) is 0.669. The van der Waals surface area contributed by atoms with Crippen molar-refractivity contribution in [3.63, 3.8) is 0 Å². The van der Waals surface area contributed by atoms with E-state index in [-0.39, 0.29) is 0 Å². The summed E-state index contributed by atoms with van der Waals surface area (Å²) in [6, 6.07) is 13.6. The summed E-state index contributed by atoms with van der Waals surface area (Å²) in [5.41, 5.74) is 9.46. The molecule has 0 aliphatic rings. The van der Waals surface area contributed by atoms with Gasteiger partial charge in [-0.2, -0.15) is 4.68 Å². The summed E-state index contributed by atoms with van der Waals surface area (Å²) in [6.07, 6.45) is 0. The zero-order chi connectivity index (χ0) is 14.1. The van der Waals surface area contributed by atoms with Gasteiger partial charge in [-0.1, -0.05) is 15.9 Å². The number of aryl methyl sites for hydroxylation is 1. The predicted octanol–water partition coefficient (Wildman–Crippen LogP) is 2.98. The molecule has 2 aromatic carbocycles. The molecule has 1 aromatic heterocycles. The normalized spacial score (nSPS) is 10.7. The van der Waals surface area contributed by atoms with E-state index < -0.39 is 0 Å². The fraction of sp³-hybridized carbons (Fsp3) is 0.0714. The smallest absolute Gasteiger partial charge is 0.187 e. The van der Waals surface area contributed by atoms with Gasteiger partial charge in [0.2, 0.25) is 0 Å². The standard InChI is InChI=1S/C14H12BrN5/c1-9-6-10(8-12(16)7-9)14-17-18-19-20(14)13-4-2-11(15)3-5-13/h2-8H,16H2,1H3. The Labute approximate surface area is 124 Å². The minimum absolute atomic E-state index is 0.669. The Morgan fingerprint density at radius 1 is 1.10 bits per heavy atom. The highest BCUT2D eigenvalue weighted by Gasteiger charge is 2.11. The van der Waals surface area contributed by atoms with E-state index in [0.29, 0.717) is 11.5 Å². The Hall–Kier alpha value is -2.21. The Morgan fingerprint density at radius 3 is 2.55 bits per heavy atom. The zero-order valence-electron chi connectivity index (χ0n) is 10.8. The Bertz CT molecular complexity index is 728. The van der Waals surface area contributed by atoms with Crippen LogP contribution in [0, 0.1) is 6.92 Å². The molecule has 0 spiro atoms. The highest BCUT2D eigenvalue weighted by molar-refractivity contribution is 9.10. The molecule has 0 amide bonds. The molecule has 0 aliphatic carbocycles. The fourth-order valence-electron chi connectivity index (χ4n) is 2.07. The van der Waals surface area contributed by atoms with Gasteiger partial charge in [0.25, 0.3) is 0 Å². The van der Waals surface area contributed by atoms with Gasteiger partial charge in [-0.05, 0) is 65.4 Å². The van der Waals surface area contributed by atoms with Crippen LogP contribution in [0.1, 0.15) is 5.56 Å². The van der Waals surface area contributed by atoms with Crippen molar-refractivity contribution < 1.29 is 0 Å². The number of aromatic nitrogens is 4. The van der Waals surface area contributed by atoms with Crippen molar-refractivity contribution in [1.82, 2.24) is 20.2 Å². The average Bonchev–Trinajstić information content (AvgIpc) is 2.87. The van der Waals surface area contributed by atoms with E-state index in [0.717, 1.165) is 21.3 Å². The number of hydrogen-bond acceptors (Lipinski definition) is 4. The van der Waals surface area contributed by atoms with E-state index in [1.807, 2.05) is 49.4 Å². The molecule has 0 aliphatic heterocycles. The number of nitrogen functional groups attached to an aromatic ring is 1. The van der Waals surface area contributed by atoms with Gasteiger partial charge in [0.05, 0.1) is 5.69 Å². The molecule has 0 radical (unpaired) electrons. The molecule has 0 bridgehead atoms. The van der Waals surface area contributed by atoms with E-state index in [9.17, 15) is 0 Å². The van der Waals surface area contributed by atoms with Crippen LogP contribution in [0.3, 0.4) is 0 Å². The Morgan fingerprint density at radius 2 is 1.85 bits per heavy atom. The molecule has 2 N–H and O–H groups in total. The van der Waals surface area contributed by atoms with Crippen LogP contribution in [0.2, 0.25) is 0 Å². The van der Waals surface area contributed by atoms with Gasteiger partial charge in [-0.25, -0.2) is 0 Å². The number of anilines is 1. The van der Waals surface area contributed by atoms with Crippen molar-refractivity contribution in [2.45, 2.75) is 6.92 Å². The SMILES string of the molecule is Cc1cc(N)cc(-c2nnnn2-c2ccc(Br)cc2)c1. The summed E-state index contributed by atoms with van der Waals surface area (Å²) in [7, 11) is 0. The maximum absolute atomic E-state index is 5.89. The van der Waals surface area contributed by atoms with E-state index >= 15 is 0 Å². The fourth-order valence-corrected chi connectivity index (χ4v) is 2.33. The lowest BCUT2D eigenvalue weighted by Crippen LogP contribution is -2.00. The maximum Gasteiger partial charge on any atom is 0.187 e. The van der Waals surface area contributed by atoms with Crippen LogP contribution in [0.25, 0.3) is 17.1 Å². The van der Waals surface area contributed by atoms with Gasteiger partial charge in [0.1, 0.15) is 0 Å². The highest BCUT2D eigenvalue weighted by Crippen LogP contribution is 2.23. The quantitative estimate of drug-likeness (QED) is 0.734. The first-order chi connectivity index (χ1) is 9.63. The summed E-state index contributed by atoms with van der Waals surface area (Å²) in [4.78, 5) is 0. The van der Waals surface area contributed by atoms with E-state index in [2.05, 4.69) is 31.5 Å². The van der Waals surface area contributed by atoms with Crippen molar-refractivity contribution >= 4 is 21.6 Å². The first kappa shape index (κ1) is 12.8. The molecule has 6 heteroatoms. The number of benzene rings is 2. The Kier molecular flexibility index (Phi) is 3.23. The molecular weight excluding hydrogens is 318 g/mol. The summed E-state index contributed by atoms with van der Waals surface area (Å²) in [6.45, 7) is 1.99. The number of halogens is 1. The minimum Gasteiger partial charge on any atom is -0.399 e. The van der Waals surface area contributed by atoms with Crippen LogP contribution >= 0.6 is 15.9 Å². The molecule has 3 rings (SSSR count). The molecule has 0 atom stereocenters. The molecule has 0 saturated heterocycles. The maximum atomic E-state index is 5.89. The second-order valence-corrected chi connectivity index (χ2v) is 5.44. The van der Waals surface area contributed by atoms with Gasteiger partial charge in [-0.3, -0.25) is 0 Å². The molecule has 3 aromatic rings. The van der Waals surface area contributed by atoms with Crippen LogP contribution in [-0.2, 0) is 0 Å². The van der Waals surface area contributed by atoms with Crippen LogP contribution in [0.4, 0.5) is 5.69 Å². The first-order valence-corrected chi connectivity index (χ1v) is 6.84. The zero-order valence-corrected chi connectivity index (χ0v) is 12.4. The number of rotatable bonds is 2. The monoisotopic (exact) mass is 329 g/mol. The van der Waals surface area contributed by atoms with Gasteiger partial charge >= 0.3 is 0 Å². The highest BCUT2D eigenvalue weighted by atomic mass is 79.9. The number of nitrogens with two attached hydrogens (primary N) is 1. The minimum atomic E-state index is 0.669. The third-order valence-electron chi connectivity index (χ3n) is 2.90. The van der Waals surface area contributed by atoms with E-state index in [1.165, 1.54) is 0 Å². The lowest BCUT2D eigenvalue weighted by molar-refractivity contribution is 0.791. The van der Waals surface area contributed by atoms with Gasteiger partial charge in [0, 0.05) is 15.7 Å². The molecule has 1 heterocycles. The molecule has 20 heavy (non-hydrogen) atoms. The third kappa shape index (κ3) is 2.42.